The van der Waals surface area contributed by atoms with Crippen LogP contribution in [0.5, 0.6) is 5.75 Å². The van der Waals surface area contributed by atoms with Crippen LogP contribution >= 0.6 is 0 Å². The third kappa shape index (κ3) is 7.40. The predicted octanol–water partition coefficient (Wildman–Crippen LogP) is 7.78. The fourth-order valence-electron chi connectivity index (χ4n) is 4.64. The van der Waals surface area contributed by atoms with Crippen LogP contribution in [0.1, 0.15) is 27.0 Å². The van der Waals surface area contributed by atoms with E-state index in [1.165, 1.54) is 11.1 Å². The SMILES string of the molecule is O=C(c1ccccc1)c1ccccc1N[C@@H](Cc1ccc(OC/C=C/c2ccc(-c3ccccc3)cc2)cc1)C(=O)O. The van der Waals surface area contributed by atoms with Gasteiger partial charge in [0.2, 0.25) is 0 Å². The zero-order chi connectivity index (χ0) is 29.1. The molecule has 0 amide bonds. The maximum Gasteiger partial charge on any atom is 0.326 e. The Morgan fingerprint density at radius 1 is 0.714 bits per heavy atom. The van der Waals surface area contributed by atoms with E-state index in [9.17, 15) is 14.7 Å². The smallest absolute Gasteiger partial charge is 0.326 e. The number of carboxylic acid groups (broad SMARTS) is 1. The standard InChI is InChI=1S/C37H31NO4/c39-36(31-13-5-2-6-14-31)33-15-7-8-16-34(33)38-35(37(40)41)26-28-19-23-32(24-20-28)42-25-9-10-27-17-21-30(22-18-27)29-11-3-1-4-12-29/h1-24,35,38H,25-26H2,(H,40,41)/b10-9+/t35-/m0/s1. The second-order valence-corrected chi connectivity index (χ2v) is 9.83. The number of ether oxygens (including phenoxy) is 1. The lowest BCUT2D eigenvalue weighted by Crippen LogP contribution is -2.32. The summed E-state index contributed by atoms with van der Waals surface area (Å²) < 4.78 is 5.85. The highest BCUT2D eigenvalue weighted by Gasteiger charge is 2.21. The third-order valence-corrected chi connectivity index (χ3v) is 6.87. The molecule has 0 aliphatic rings. The molecule has 0 saturated heterocycles. The number of carbonyl (C=O) groups excluding carboxylic acids is 1. The van der Waals surface area contributed by atoms with Crippen LogP contribution in [0.2, 0.25) is 0 Å². The lowest BCUT2D eigenvalue weighted by atomic mass is 10.00. The maximum atomic E-state index is 13.1. The average Bonchev–Trinajstić information content (AvgIpc) is 3.04. The van der Waals surface area contributed by atoms with Crippen molar-refractivity contribution in [1.29, 1.82) is 0 Å². The van der Waals surface area contributed by atoms with Gasteiger partial charge in [-0.25, -0.2) is 4.79 Å². The van der Waals surface area contributed by atoms with Gasteiger partial charge in [0.05, 0.1) is 0 Å². The van der Waals surface area contributed by atoms with Crippen molar-refractivity contribution in [2.24, 2.45) is 0 Å². The van der Waals surface area contributed by atoms with E-state index in [0.717, 1.165) is 11.1 Å². The number of anilines is 1. The number of ketones is 1. The second-order valence-electron chi connectivity index (χ2n) is 9.83. The molecule has 0 aliphatic carbocycles. The average molecular weight is 554 g/mol. The first-order valence-corrected chi connectivity index (χ1v) is 13.8. The van der Waals surface area contributed by atoms with Gasteiger partial charge in [-0.15, -0.1) is 0 Å². The van der Waals surface area contributed by atoms with Crippen molar-refractivity contribution in [1.82, 2.24) is 0 Å². The quantitative estimate of drug-likeness (QED) is 0.154. The van der Waals surface area contributed by atoms with Crippen LogP contribution in [0.25, 0.3) is 17.2 Å². The Morgan fingerprint density at radius 3 is 2.02 bits per heavy atom. The Balaban J connectivity index is 1.16. The summed E-state index contributed by atoms with van der Waals surface area (Å²) in [6.07, 6.45) is 4.22. The molecule has 0 saturated carbocycles. The molecule has 0 heterocycles. The summed E-state index contributed by atoms with van der Waals surface area (Å²) in [5, 5.41) is 13.0. The molecule has 5 aromatic carbocycles. The Hall–Kier alpha value is -5.42. The molecule has 5 heteroatoms. The summed E-state index contributed by atoms with van der Waals surface area (Å²) >= 11 is 0. The molecular formula is C37H31NO4. The van der Waals surface area contributed by atoms with Crippen LogP contribution in [0.4, 0.5) is 5.69 Å². The first-order chi connectivity index (χ1) is 20.6. The van der Waals surface area contributed by atoms with E-state index in [2.05, 4.69) is 41.7 Å². The molecule has 0 aliphatic heterocycles. The van der Waals surface area contributed by atoms with Crippen LogP contribution in [0.15, 0.2) is 140 Å². The van der Waals surface area contributed by atoms with Crippen molar-refractivity contribution in [2.75, 3.05) is 11.9 Å². The number of benzene rings is 5. The number of rotatable bonds is 12. The first-order valence-electron chi connectivity index (χ1n) is 13.8. The number of carbonyl (C=O) groups is 2. The Kier molecular flexibility index (Phi) is 9.22. The van der Waals surface area contributed by atoms with E-state index in [1.54, 1.807) is 48.5 Å². The minimum Gasteiger partial charge on any atom is -0.490 e. The molecule has 208 valence electrons. The van der Waals surface area contributed by atoms with Gasteiger partial charge >= 0.3 is 5.97 Å². The maximum absolute atomic E-state index is 13.1. The minimum absolute atomic E-state index is 0.164. The highest BCUT2D eigenvalue weighted by Crippen LogP contribution is 2.23. The lowest BCUT2D eigenvalue weighted by molar-refractivity contribution is -0.137. The topological polar surface area (TPSA) is 75.6 Å². The van der Waals surface area contributed by atoms with Gasteiger partial charge in [-0.3, -0.25) is 4.79 Å². The van der Waals surface area contributed by atoms with Gasteiger partial charge in [0.1, 0.15) is 18.4 Å². The van der Waals surface area contributed by atoms with Crippen molar-refractivity contribution in [3.63, 3.8) is 0 Å². The molecular weight excluding hydrogens is 522 g/mol. The number of carboxylic acids is 1. The van der Waals surface area contributed by atoms with Crippen molar-refractivity contribution in [3.05, 3.63) is 162 Å². The first kappa shape index (κ1) is 28.1. The Morgan fingerprint density at radius 2 is 1.33 bits per heavy atom. The summed E-state index contributed by atoms with van der Waals surface area (Å²) in [4.78, 5) is 25.2. The zero-order valence-corrected chi connectivity index (χ0v) is 23.0. The normalized spacial score (nSPS) is 11.6. The van der Waals surface area contributed by atoms with E-state index in [4.69, 9.17) is 4.74 Å². The van der Waals surface area contributed by atoms with Gasteiger partial charge in [0, 0.05) is 23.2 Å². The predicted molar refractivity (Wildman–Crippen MR) is 168 cm³/mol. The monoisotopic (exact) mass is 553 g/mol. The largest absolute Gasteiger partial charge is 0.490 e. The third-order valence-electron chi connectivity index (χ3n) is 6.87. The summed E-state index contributed by atoms with van der Waals surface area (Å²) in [7, 11) is 0. The van der Waals surface area contributed by atoms with E-state index in [1.807, 2.05) is 60.7 Å². The Bertz CT molecular complexity index is 1640. The van der Waals surface area contributed by atoms with Gasteiger partial charge in [-0.2, -0.15) is 0 Å². The van der Waals surface area contributed by atoms with Crippen molar-refractivity contribution in [2.45, 2.75) is 12.5 Å². The van der Waals surface area contributed by atoms with E-state index < -0.39 is 12.0 Å². The van der Waals surface area contributed by atoms with Gasteiger partial charge in [0.25, 0.3) is 0 Å². The van der Waals surface area contributed by atoms with Gasteiger partial charge in [-0.05, 0) is 52.6 Å². The molecule has 0 aromatic heterocycles. The number of hydrogen-bond acceptors (Lipinski definition) is 4. The highest BCUT2D eigenvalue weighted by atomic mass is 16.5. The van der Waals surface area contributed by atoms with Crippen LogP contribution < -0.4 is 10.1 Å². The van der Waals surface area contributed by atoms with Crippen molar-refractivity contribution < 1.29 is 19.4 Å². The lowest BCUT2D eigenvalue weighted by Gasteiger charge is -2.18. The van der Waals surface area contributed by atoms with Crippen LogP contribution in [-0.2, 0) is 11.2 Å². The zero-order valence-electron chi connectivity index (χ0n) is 23.0. The van der Waals surface area contributed by atoms with Crippen molar-refractivity contribution >= 4 is 23.5 Å². The number of para-hydroxylation sites is 1. The summed E-state index contributed by atoms with van der Waals surface area (Å²) in [5.41, 5.74) is 5.75. The minimum atomic E-state index is -1.00. The number of nitrogens with one attached hydrogen (secondary N) is 1. The number of hydrogen-bond donors (Lipinski definition) is 2. The molecule has 2 N–H and O–H groups in total. The van der Waals surface area contributed by atoms with E-state index in [-0.39, 0.29) is 12.2 Å². The summed E-state index contributed by atoms with van der Waals surface area (Å²) in [6.45, 7) is 0.408. The number of aliphatic carboxylic acids is 1. The van der Waals surface area contributed by atoms with Crippen LogP contribution in [0.3, 0.4) is 0 Å². The van der Waals surface area contributed by atoms with Crippen LogP contribution in [-0.4, -0.2) is 29.5 Å². The van der Waals surface area contributed by atoms with Crippen molar-refractivity contribution in [3.8, 4) is 16.9 Å². The van der Waals surface area contributed by atoms with E-state index >= 15 is 0 Å². The second kappa shape index (κ2) is 13.8. The molecule has 42 heavy (non-hydrogen) atoms. The molecule has 5 aromatic rings. The van der Waals surface area contributed by atoms with Crippen LogP contribution in [0, 0.1) is 0 Å². The van der Waals surface area contributed by atoms with Gasteiger partial charge in [-0.1, -0.05) is 115 Å². The van der Waals surface area contributed by atoms with Gasteiger partial charge in [0.15, 0.2) is 5.78 Å². The molecule has 5 nitrogen and oxygen atoms in total. The summed E-state index contributed by atoms with van der Waals surface area (Å²) in [5.74, 6) is -0.469. The van der Waals surface area contributed by atoms with Gasteiger partial charge < -0.3 is 15.2 Å². The fraction of sp³-hybridized carbons (Fsp3) is 0.0811. The molecule has 0 fully saturated rings. The summed E-state index contributed by atoms with van der Waals surface area (Å²) in [6, 6.07) is 41.0. The Labute approximate surface area is 245 Å². The fourth-order valence-corrected chi connectivity index (χ4v) is 4.64. The highest BCUT2D eigenvalue weighted by molar-refractivity contribution is 6.12. The van der Waals surface area contributed by atoms with E-state index in [0.29, 0.717) is 29.2 Å². The molecule has 0 radical (unpaired) electrons. The molecule has 0 bridgehead atoms. The molecule has 1 atom stereocenters. The molecule has 0 spiro atoms. The molecule has 5 rings (SSSR count). The molecule has 0 unspecified atom stereocenters.